The number of sulfonamides is 1. The highest BCUT2D eigenvalue weighted by molar-refractivity contribution is 7.91. The number of H-pyrrole nitrogens is 1. The summed E-state index contributed by atoms with van der Waals surface area (Å²) in [6.45, 7) is 3.63. The molecule has 0 saturated heterocycles. The van der Waals surface area contributed by atoms with Crippen LogP contribution < -0.4 is 4.72 Å². The van der Waals surface area contributed by atoms with Crippen LogP contribution in [0.2, 0.25) is 0 Å². The summed E-state index contributed by atoms with van der Waals surface area (Å²) < 4.78 is 32.3. The van der Waals surface area contributed by atoms with Gasteiger partial charge in [-0.2, -0.15) is 0 Å². The SMILES string of the molecule is CNS(=O)(=O)c1sc2c(c1C(=O)OC)CCN(C(C)CCc1c[nH]c3ccccc13)C2. The van der Waals surface area contributed by atoms with Gasteiger partial charge in [0.2, 0.25) is 0 Å². The molecule has 4 rings (SSSR count). The average Bonchev–Trinajstić information content (AvgIpc) is 3.38. The molecule has 31 heavy (non-hydrogen) atoms. The van der Waals surface area contributed by atoms with Gasteiger partial charge in [-0.1, -0.05) is 18.2 Å². The third kappa shape index (κ3) is 4.15. The van der Waals surface area contributed by atoms with Gasteiger partial charge < -0.3 is 9.72 Å². The zero-order chi connectivity index (χ0) is 22.2. The van der Waals surface area contributed by atoms with Crippen LogP contribution in [0.25, 0.3) is 10.9 Å². The molecule has 7 nitrogen and oxygen atoms in total. The van der Waals surface area contributed by atoms with E-state index in [0.29, 0.717) is 19.0 Å². The third-order valence-electron chi connectivity index (χ3n) is 6.09. The number of hydrogen-bond acceptors (Lipinski definition) is 6. The third-order valence-corrected chi connectivity index (χ3v) is 9.24. The normalized spacial score (nSPS) is 15.7. The second-order valence-electron chi connectivity index (χ2n) is 7.83. The summed E-state index contributed by atoms with van der Waals surface area (Å²) in [4.78, 5) is 19.0. The summed E-state index contributed by atoms with van der Waals surface area (Å²) in [5.41, 5.74) is 3.47. The second-order valence-corrected chi connectivity index (χ2v) is 11.0. The Kier molecular flexibility index (Phi) is 6.20. The van der Waals surface area contributed by atoms with E-state index in [9.17, 15) is 13.2 Å². The number of aromatic amines is 1. The minimum Gasteiger partial charge on any atom is -0.465 e. The Morgan fingerprint density at radius 3 is 2.87 bits per heavy atom. The molecule has 1 unspecified atom stereocenters. The molecular formula is C22H27N3O4S2. The van der Waals surface area contributed by atoms with Gasteiger partial charge >= 0.3 is 5.97 Å². The molecule has 0 fully saturated rings. The minimum absolute atomic E-state index is 0.0557. The Hall–Kier alpha value is -2.20. The standard InChI is InChI=1S/C22H27N3O4S2/c1-14(8-9-15-12-24-18-7-5-4-6-16(15)18)25-11-10-17-19(13-25)30-22(31(27,28)23-2)20(17)21(26)29-3/h4-7,12,14,23-24H,8-11,13H2,1-3H3. The van der Waals surface area contributed by atoms with Crippen LogP contribution in [-0.2, 0) is 34.1 Å². The smallest absolute Gasteiger partial charge is 0.340 e. The molecule has 0 saturated carbocycles. The molecule has 3 aromatic rings. The van der Waals surface area contributed by atoms with E-state index in [0.717, 1.165) is 35.3 Å². The zero-order valence-corrected chi connectivity index (χ0v) is 19.5. The Bertz CT molecular complexity index is 1210. The first-order valence-corrected chi connectivity index (χ1v) is 12.6. The number of ether oxygens (including phenoxy) is 1. The van der Waals surface area contributed by atoms with E-state index in [4.69, 9.17) is 4.74 Å². The molecule has 3 heterocycles. The topological polar surface area (TPSA) is 91.5 Å². The van der Waals surface area contributed by atoms with Gasteiger partial charge in [0.05, 0.1) is 12.7 Å². The molecular weight excluding hydrogens is 434 g/mol. The largest absolute Gasteiger partial charge is 0.465 e. The molecule has 166 valence electrons. The van der Waals surface area contributed by atoms with Gasteiger partial charge in [0.25, 0.3) is 10.0 Å². The van der Waals surface area contributed by atoms with Gasteiger partial charge in [0.1, 0.15) is 4.21 Å². The van der Waals surface area contributed by atoms with Crippen molar-refractivity contribution in [2.24, 2.45) is 0 Å². The number of nitrogens with one attached hydrogen (secondary N) is 2. The fourth-order valence-electron chi connectivity index (χ4n) is 4.25. The molecule has 0 bridgehead atoms. The van der Waals surface area contributed by atoms with Crippen molar-refractivity contribution in [1.82, 2.24) is 14.6 Å². The number of aryl methyl sites for hydroxylation is 1. The van der Waals surface area contributed by atoms with Gasteiger partial charge in [0.15, 0.2) is 0 Å². The Labute approximate surface area is 186 Å². The summed E-state index contributed by atoms with van der Waals surface area (Å²) in [7, 11) is -1.09. The zero-order valence-electron chi connectivity index (χ0n) is 17.9. The number of esters is 1. The number of rotatable bonds is 7. The number of carbonyl (C=O) groups is 1. The van der Waals surface area contributed by atoms with Crippen LogP contribution in [0.3, 0.4) is 0 Å². The summed E-state index contributed by atoms with van der Waals surface area (Å²) >= 11 is 1.18. The van der Waals surface area contributed by atoms with E-state index < -0.39 is 16.0 Å². The number of carbonyl (C=O) groups excluding carboxylic acids is 1. The van der Waals surface area contributed by atoms with Crippen LogP contribution in [0.5, 0.6) is 0 Å². The van der Waals surface area contributed by atoms with Gasteiger partial charge in [-0.3, -0.25) is 4.90 Å². The predicted octanol–water partition coefficient (Wildman–Crippen LogP) is 3.30. The van der Waals surface area contributed by atoms with Crippen LogP contribution >= 0.6 is 11.3 Å². The summed E-state index contributed by atoms with van der Waals surface area (Å²) in [5.74, 6) is -0.591. The molecule has 2 N–H and O–H groups in total. The molecule has 1 atom stereocenters. The van der Waals surface area contributed by atoms with Gasteiger partial charge in [-0.15, -0.1) is 11.3 Å². The highest BCUT2D eigenvalue weighted by Crippen LogP contribution is 2.37. The van der Waals surface area contributed by atoms with E-state index in [1.807, 2.05) is 6.07 Å². The van der Waals surface area contributed by atoms with Gasteiger partial charge in [-0.25, -0.2) is 17.9 Å². The maximum atomic E-state index is 12.5. The lowest BCUT2D eigenvalue weighted by molar-refractivity contribution is 0.0595. The summed E-state index contributed by atoms with van der Waals surface area (Å²) in [5, 5.41) is 1.26. The maximum absolute atomic E-state index is 12.5. The number of aromatic nitrogens is 1. The van der Waals surface area contributed by atoms with Crippen LogP contribution in [0.1, 0.15) is 39.7 Å². The quantitative estimate of drug-likeness (QED) is 0.527. The molecule has 0 amide bonds. The Morgan fingerprint density at radius 1 is 1.35 bits per heavy atom. The fourth-order valence-corrected chi connectivity index (χ4v) is 6.99. The Balaban J connectivity index is 1.52. The van der Waals surface area contributed by atoms with E-state index in [2.05, 4.69) is 45.9 Å². The van der Waals surface area contributed by atoms with Crippen LogP contribution in [-0.4, -0.2) is 51.0 Å². The van der Waals surface area contributed by atoms with Crippen molar-refractivity contribution in [3.63, 3.8) is 0 Å². The highest BCUT2D eigenvalue weighted by Gasteiger charge is 2.34. The first kappa shape index (κ1) is 22.0. The Morgan fingerprint density at radius 2 is 2.13 bits per heavy atom. The minimum atomic E-state index is -3.73. The van der Waals surface area contributed by atoms with Crippen molar-refractivity contribution in [3.8, 4) is 0 Å². The van der Waals surface area contributed by atoms with Crippen LogP contribution in [0.15, 0.2) is 34.7 Å². The number of fused-ring (bicyclic) bond motifs is 2. The molecule has 0 spiro atoms. The van der Waals surface area contributed by atoms with E-state index in [-0.39, 0.29) is 9.77 Å². The average molecular weight is 462 g/mol. The first-order chi connectivity index (χ1) is 14.9. The van der Waals surface area contributed by atoms with Gasteiger partial charge in [-0.05, 0) is 50.4 Å². The van der Waals surface area contributed by atoms with E-state index in [1.54, 1.807) is 0 Å². The number of methoxy groups -OCH3 is 1. The summed E-state index contributed by atoms with van der Waals surface area (Å²) in [6.07, 6.45) is 4.68. The fraction of sp³-hybridized carbons (Fsp3) is 0.409. The monoisotopic (exact) mass is 461 g/mol. The molecule has 9 heteroatoms. The summed E-state index contributed by atoms with van der Waals surface area (Å²) in [6, 6.07) is 8.64. The van der Waals surface area contributed by atoms with E-state index >= 15 is 0 Å². The number of thiophene rings is 1. The number of benzene rings is 1. The van der Waals surface area contributed by atoms with E-state index in [1.165, 1.54) is 36.4 Å². The van der Waals surface area contributed by atoms with Gasteiger partial charge in [0, 0.05) is 41.1 Å². The van der Waals surface area contributed by atoms with Crippen molar-refractivity contribution in [3.05, 3.63) is 52.0 Å². The number of para-hydroxylation sites is 1. The molecule has 1 aromatic carbocycles. The lowest BCUT2D eigenvalue weighted by Gasteiger charge is -2.32. The molecule has 0 aliphatic carbocycles. The number of hydrogen-bond donors (Lipinski definition) is 2. The van der Waals surface area contributed by atoms with Crippen molar-refractivity contribution in [2.45, 2.75) is 43.0 Å². The first-order valence-electron chi connectivity index (χ1n) is 10.3. The maximum Gasteiger partial charge on any atom is 0.340 e. The lowest BCUT2D eigenvalue weighted by atomic mass is 9.99. The molecule has 2 aromatic heterocycles. The molecule has 1 aliphatic rings. The van der Waals surface area contributed by atoms with Crippen LogP contribution in [0.4, 0.5) is 0 Å². The predicted molar refractivity (Wildman–Crippen MR) is 122 cm³/mol. The number of nitrogens with zero attached hydrogens (tertiary/aromatic N) is 1. The van der Waals surface area contributed by atoms with Crippen molar-refractivity contribution < 1.29 is 17.9 Å². The van der Waals surface area contributed by atoms with Crippen LogP contribution in [0, 0.1) is 0 Å². The molecule has 1 aliphatic heterocycles. The van der Waals surface area contributed by atoms with Crippen molar-refractivity contribution in [1.29, 1.82) is 0 Å². The highest BCUT2D eigenvalue weighted by atomic mass is 32.2. The second kappa shape index (κ2) is 8.74. The molecule has 0 radical (unpaired) electrons. The lowest BCUT2D eigenvalue weighted by Crippen LogP contribution is -2.37. The van der Waals surface area contributed by atoms with Crippen molar-refractivity contribution in [2.75, 3.05) is 20.7 Å². The van der Waals surface area contributed by atoms with Crippen molar-refractivity contribution >= 4 is 38.2 Å².